The van der Waals surface area contributed by atoms with Gasteiger partial charge < -0.3 is 15.3 Å². The van der Waals surface area contributed by atoms with E-state index in [9.17, 15) is 9.59 Å². The molecule has 2 aliphatic rings. The maximum absolute atomic E-state index is 12.6. The SMILES string of the molecule is CC1C(c2ccc(C(=O)O)cc2)C2NC(c3ccc(C#N)cc3)=CC(=O)N12. The van der Waals surface area contributed by atoms with Crippen molar-refractivity contribution in [3.05, 3.63) is 76.9 Å². The van der Waals surface area contributed by atoms with E-state index in [4.69, 9.17) is 10.4 Å². The van der Waals surface area contributed by atoms with Gasteiger partial charge in [-0.1, -0.05) is 24.3 Å². The molecule has 4 rings (SSSR count). The normalized spacial score (nSPS) is 23.4. The number of carbonyl (C=O) groups is 2. The predicted octanol–water partition coefficient (Wildman–Crippen LogP) is 2.54. The molecule has 0 aliphatic carbocycles. The van der Waals surface area contributed by atoms with E-state index in [1.807, 2.05) is 31.2 Å². The molecule has 1 fully saturated rings. The Balaban J connectivity index is 1.61. The van der Waals surface area contributed by atoms with Gasteiger partial charge in [-0.3, -0.25) is 4.79 Å². The van der Waals surface area contributed by atoms with Crippen molar-refractivity contribution < 1.29 is 14.7 Å². The summed E-state index contributed by atoms with van der Waals surface area (Å²) in [6, 6.07) is 16.0. The Bertz CT molecular complexity index is 987. The highest BCUT2D eigenvalue weighted by atomic mass is 16.4. The topological polar surface area (TPSA) is 93.4 Å². The zero-order chi connectivity index (χ0) is 19.1. The number of aromatic carboxylic acids is 1. The first-order valence-electron chi connectivity index (χ1n) is 8.64. The molecule has 2 aromatic rings. The maximum atomic E-state index is 12.6. The molecule has 27 heavy (non-hydrogen) atoms. The molecule has 134 valence electrons. The third-order valence-electron chi connectivity index (χ3n) is 5.29. The summed E-state index contributed by atoms with van der Waals surface area (Å²) in [5.41, 5.74) is 3.38. The Labute approximate surface area is 156 Å². The van der Waals surface area contributed by atoms with E-state index in [-0.39, 0.29) is 29.6 Å². The van der Waals surface area contributed by atoms with Crippen LogP contribution in [0.1, 0.15) is 39.9 Å². The number of fused-ring (bicyclic) bond motifs is 1. The molecule has 0 radical (unpaired) electrons. The number of carbonyl (C=O) groups excluding carboxylic acids is 1. The van der Waals surface area contributed by atoms with Gasteiger partial charge in [0.15, 0.2) is 0 Å². The number of hydrogen-bond donors (Lipinski definition) is 2. The smallest absolute Gasteiger partial charge is 0.335 e. The Hall–Kier alpha value is -3.59. The second kappa shape index (κ2) is 6.29. The van der Waals surface area contributed by atoms with Gasteiger partial charge in [-0.2, -0.15) is 5.26 Å². The lowest BCUT2D eigenvalue weighted by atomic mass is 9.78. The van der Waals surface area contributed by atoms with Gasteiger partial charge in [-0.15, -0.1) is 0 Å². The van der Waals surface area contributed by atoms with E-state index in [2.05, 4.69) is 11.4 Å². The lowest BCUT2D eigenvalue weighted by Crippen LogP contribution is -2.69. The zero-order valence-corrected chi connectivity index (χ0v) is 14.6. The fourth-order valence-corrected chi connectivity index (χ4v) is 3.86. The molecule has 2 N–H and O–H groups in total. The third kappa shape index (κ3) is 2.74. The van der Waals surface area contributed by atoms with E-state index in [1.54, 1.807) is 35.2 Å². The van der Waals surface area contributed by atoms with Crippen LogP contribution in [0.5, 0.6) is 0 Å². The monoisotopic (exact) mass is 359 g/mol. The molecule has 2 heterocycles. The first kappa shape index (κ1) is 16.9. The summed E-state index contributed by atoms with van der Waals surface area (Å²) in [6.07, 6.45) is 1.40. The van der Waals surface area contributed by atoms with Gasteiger partial charge in [0.2, 0.25) is 0 Å². The number of nitrogens with one attached hydrogen (secondary N) is 1. The summed E-state index contributed by atoms with van der Waals surface area (Å²) in [5.74, 6) is -0.940. The van der Waals surface area contributed by atoms with Crippen molar-refractivity contribution in [3.8, 4) is 6.07 Å². The molecule has 0 spiro atoms. The van der Waals surface area contributed by atoms with Crippen molar-refractivity contribution in [1.29, 1.82) is 5.26 Å². The average Bonchev–Trinajstić information content (AvgIpc) is 2.67. The highest BCUT2D eigenvalue weighted by molar-refractivity contribution is 5.98. The summed E-state index contributed by atoms with van der Waals surface area (Å²) in [5, 5.41) is 21.4. The quantitative estimate of drug-likeness (QED) is 0.878. The number of nitriles is 1. The van der Waals surface area contributed by atoms with Crippen LogP contribution in [0.2, 0.25) is 0 Å². The Kier molecular flexibility index (Phi) is 3.93. The van der Waals surface area contributed by atoms with Crippen LogP contribution in [0.15, 0.2) is 54.6 Å². The van der Waals surface area contributed by atoms with Gasteiger partial charge in [0.05, 0.1) is 17.2 Å². The van der Waals surface area contributed by atoms with Crippen LogP contribution in [-0.4, -0.2) is 34.1 Å². The van der Waals surface area contributed by atoms with Gasteiger partial charge in [0, 0.05) is 23.7 Å². The van der Waals surface area contributed by atoms with Gasteiger partial charge in [0.25, 0.3) is 5.91 Å². The Morgan fingerprint density at radius 3 is 2.41 bits per heavy atom. The van der Waals surface area contributed by atoms with E-state index >= 15 is 0 Å². The molecule has 3 atom stereocenters. The van der Waals surface area contributed by atoms with Crippen molar-refractivity contribution in [2.75, 3.05) is 0 Å². The summed E-state index contributed by atoms with van der Waals surface area (Å²) in [7, 11) is 0. The van der Waals surface area contributed by atoms with Gasteiger partial charge in [-0.25, -0.2) is 4.79 Å². The van der Waals surface area contributed by atoms with E-state index in [0.717, 1.165) is 16.8 Å². The van der Waals surface area contributed by atoms with Gasteiger partial charge in [-0.05, 0) is 42.3 Å². The van der Waals surface area contributed by atoms with E-state index < -0.39 is 5.97 Å². The largest absolute Gasteiger partial charge is 0.478 e. The van der Waals surface area contributed by atoms with Crippen molar-refractivity contribution in [3.63, 3.8) is 0 Å². The van der Waals surface area contributed by atoms with Crippen molar-refractivity contribution in [1.82, 2.24) is 10.2 Å². The summed E-state index contributed by atoms with van der Waals surface area (Å²) < 4.78 is 0. The van der Waals surface area contributed by atoms with Crippen molar-refractivity contribution in [2.45, 2.75) is 25.0 Å². The van der Waals surface area contributed by atoms with Crippen LogP contribution in [0, 0.1) is 11.3 Å². The first-order valence-corrected chi connectivity index (χ1v) is 8.64. The van der Waals surface area contributed by atoms with E-state index in [0.29, 0.717) is 5.56 Å². The summed E-state index contributed by atoms with van der Waals surface area (Å²) >= 11 is 0. The highest BCUT2D eigenvalue weighted by Crippen LogP contribution is 2.42. The lowest BCUT2D eigenvalue weighted by molar-refractivity contribution is -0.143. The molecule has 6 heteroatoms. The third-order valence-corrected chi connectivity index (χ3v) is 5.29. The van der Waals surface area contributed by atoms with Crippen LogP contribution in [0.25, 0.3) is 5.70 Å². The van der Waals surface area contributed by atoms with Crippen LogP contribution in [-0.2, 0) is 4.79 Å². The highest BCUT2D eigenvalue weighted by Gasteiger charge is 2.50. The number of benzene rings is 2. The van der Waals surface area contributed by atoms with Crippen LogP contribution in [0.3, 0.4) is 0 Å². The fraction of sp³-hybridized carbons (Fsp3) is 0.190. The standard InChI is InChI=1S/C21H17N3O3/c1-12-19(15-6-8-16(9-7-15)21(26)27)20-23-17(10-18(25)24(12)20)14-4-2-13(11-22)3-5-14/h2-10,12,19-20,23H,1H3,(H,26,27). The molecule has 3 unspecified atom stereocenters. The molecule has 1 amide bonds. The Morgan fingerprint density at radius 1 is 1.15 bits per heavy atom. The molecule has 2 aliphatic heterocycles. The molecular formula is C21H17N3O3. The second-order valence-corrected chi connectivity index (χ2v) is 6.78. The lowest BCUT2D eigenvalue weighted by Gasteiger charge is -2.56. The molecule has 0 aromatic heterocycles. The molecule has 0 bridgehead atoms. The van der Waals surface area contributed by atoms with Gasteiger partial charge >= 0.3 is 5.97 Å². The van der Waals surface area contributed by atoms with Crippen molar-refractivity contribution in [2.24, 2.45) is 0 Å². The number of hydrogen-bond acceptors (Lipinski definition) is 4. The number of carboxylic acid groups (broad SMARTS) is 1. The van der Waals surface area contributed by atoms with E-state index in [1.165, 1.54) is 0 Å². The minimum atomic E-state index is -0.957. The predicted molar refractivity (Wildman–Crippen MR) is 98.5 cm³/mol. The zero-order valence-electron chi connectivity index (χ0n) is 14.6. The Morgan fingerprint density at radius 2 is 1.81 bits per heavy atom. The van der Waals surface area contributed by atoms with Crippen LogP contribution < -0.4 is 5.32 Å². The fourth-order valence-electron chi connectivity index (χ4n) is 3.86. The molecule has 0 saturated carbocycles. The average molecular weight is 359 g/mol. The molecule has 6 nitrogen and oxygen atoms in total. The van der Waals surface area contributed by atoms with Crippen LogP contribution >= 0.6 is 0 Å². The minimum Gasteiger partial charge on any atom is -0.478 e. The summed E-state index contributed by atoms with van der Waals surface area (Å²) in [6.45, 7) is 1.99. The molecule has 1 saturated heterocycles. The molecular weight excluding hydrogens is 342 g/mol. The number of nitrogens with zero attached hydrogens (tertiary/aromatic N) is 2. The van der Waals surface area contributed by atoms with Gasteiger partial charge in [0.1, 0.15) is 6.17 Å². The van der Waals surface area contributed by atoms with Crippen molar-refractivity contribution >= 4 is 17.6 Å². The number of amides is 1. The minimum absolute atomic E-state index is 0.0180. The maximum Gasteiger partial charge on any atom is 0.335 e. The first-order chi connectivity index (χ1) is 13.0. The number of carboxylic acids is 1. The van der Waals surface area contributed by atoms with Crippen LogP contribution in [0.4, 0.5) is 0 Å². The number of rotatable bonds is 3. The summed E-state index contributed by atoms with van der Waals surface area (Å²) in [4.78, 5) is 25.4. The molecule has 2 aromatic carbocycles. The second-order valence-electron chi connectivity index (χ2n) is 6.78.